The topological polar surface area (TPSA) is 38.1 Å². The standard InChI is InChI=1S/C12H13ClN2O/c1-9(16)11-6-14-15(8-11)7-10-3-2-4-12(13)5-10/h2-6,8-9,16H,7H2,1H3. The summed E-state index contributed by atoms with van der Waals surface area (Å²) in [5.74, 6) is 0. The van der Waals surface area contributed by atoms with E-state index in [-0.39, 0.29) is 0 Å². The highest BCUT2D eigenvalue weighted by atomic mass is 35.5. The van der Waals surface area contributed by atoms with Gasteiger partial charge in [0.1, 0.15) is 0 Å². The Labute approximate surface area is 99.3 Å². The summed E-state index contributed by atoms with van der Waals surface area (Å²) in [7, 11) is 0. The van der Waals surface area contributed by atoms with Crippen LogP contribution in [0.25, 0.3) is 0 Å². The average Bonchev–Trinajstić information content (AvgIpc) is 2.66. The lowest BCUT2D eigenvalue weighted by molar-refractivity contribution is 0.199. The van der Waals surface area contributed by atoms with Crippen LogP contribution in [0.1, 0.15) is 24.2 Å². The Morgan fingerprint density at radius 3 is 2.94 bits per heavy atom. The van der Waals surface area contributed by atoms with E-state index in [2.05, 4.69) is 5.10 Å². The number of nitrogens with zero attached hydrogens (tertiary/aromatic N) is 2. The van der Waals surface area contributed by atoms with Crippen molar-refractivity contribution in [3.05, 3.63) is 52.8 Å². The lowest BCUT2D eigenvalue weighted by atomic mass is 10.2. The molecule has 2 rings (SSSR count). The maximum Gasteiger partial charge on any atom is 0.0792 e. The fourth-order valence-electron chi connectivity index (χ4n) is 1.50. The first-order valence-corrected chi connectivity index (χ1v) is 5.48. The van der Waals surface area contributed by atoms with Crippen LogP contribution < -0.4 is 0 Å². The molecule has 0 amide bonds. The molecule has 0 radical (unpaired) electrons. The number of hydrogen-bond donors (Lipinski definition) is 1. The largest absolute Gasteiger partial charge is 0.389 e. The van der Waals surface area contributed by atoms with E-state index in [1.807, 2.05) is 30.5 Å². The van der Waals surface area contributed by atoms with Gasteiger partial charge in [-0.05, 0) is 24.6 Å². The van der Waals surface area contributed by atoms with Gasteiger partial charge in [-0.25, -0.2) is 0 Å². The van der Waals surface area contributed by atoms with Crippen molar-refractivity contribution in [3.63, 3.8) is 0 Å². The average molecular weight is 237 g/mol. The first kappa shape index (κ1) is 11.2. The summed E-state index contributed by atoms with van der Waals surface area (Å²) in [6, 6.07) is 7.66. The van der Waals surface area contributed by atoms with Gasteiger partial charge in [-0.1, -0.05) is 23.7 Å². The Morgan fingerprint density at radius 2 is 2.31 bits per heavy atom. The predicted molar refractivity (Wildman–Crippen MR) is 63.4 cm³/mol. The van der Waals surface area contributed by atoms with Crippen molar-refractivity contribution < 1.29 is 5.11 Å². The summed E-state index contributed by atoms with van der Waals surface area (Å²) in [4.78, 5) is 0. The van der Waals surface area contributed by atoms with Gasteiger partial charge in [0, 0.05) is 16.8 Å². The quantitative estimate of drug-likeness (QED) is 0.890. The van der Waals surface area contributed by atoms with Crippen LogP contribution in [0.15, 0.2) is 36.7 Å². The first-order chi connectivity index (χ1) is 7.65. The summed E-state index contributed by atoms with van der Waals surface area (Å²) >= 11 is 5.90. The van der Waals surface area contributed by atoms with E-state index in [1.54, 1.807) is 17.8 Å². The van der Waals surface area contributed by atoms with Crippen molar-refractivity contribution in [1.82, 2.24) is 9.78 Å². The van der Waals surface area contributed by atoms with Crippen molar-refractivity contribution in [2.45, 2.75) is 19.6 Å². The van der Waals surface area contributed by atoms with Gasteiger partial charge >= 0.3 is 0 Å². The molecule has 84 valence electrons. The molecule has 0 saturated heterocycles. The minimum absolute atomic E-state index is 0.479. The summed E-state index contributed by atoms with van der Waals surface area (Å²) < 4.78 is 1.79. The molecule has 0 aliphatic rings. The number of hydrogen-bond acceptors (Lipinski definition) is 2. The highest BCUT2D eigenvalue weighted by Gasteiger charge is 2.04. The zero-order valence-corrected chi connectivity index (χ0v) is 9.72. The molecule has 0 aliphatic heterocycles. The van der Waals surface area contributed by atoms with Gasteiger partial charge in [0.05, 0.1) is 18.8 Å². The van der Waals surface area contributed by atoms with E-state index in [4.69, 9.17) is 11.6 Å². The van der Waals surface area contributed by atoms with Gasteiger partial charge < -0.3 is 5.11 Å². The van der Waals surface area contributed by atoms with Crippen LogP contribution in [0.5, 0.6) is 0 Å². The second-order valence-corrected chi connectivity index (χ2v) is 4.21. The van der Waals surface area contributed by atoms with Crippen LogP contribution in [-0.2, 0) is 6.54 Å². The number of rotatable bonds is 3. The molecule has 1 N–H and O–H groups in total. The third-order valence-corrected chi connectivity index (χ3v) is 2.60. The summed E-state index contributed by atoms with van der Waals surface area (Å²) in [6.45, 7) is 2.38. The molecule has 1 atom stereocenters. The lowest BCUT2D eigenvalue weighted by Crippen LogP contribution is -1.99. The van der Waals surface area contributed by atoms with E-state index in [0.717, 1.165) is 16.1 Å². The molecule has 1 heterocycles. The van der Waals surface area contributed by atoms with Gasteiger partial charge in [-0.2, -0.15) is 5.10 Å². The fourth-order valence-corrected chi connectivity index (χ4v) is 1.72. The molecule has 4 heteroatoms. The van der Waals surface area contributed by atoms with Gasteiger partial charge in [0.15, 0.2) is 0 Å². The van der Waals surface area contributed by atoms with Crippen LogP contribution in [0.4, 0.5) is 0 Å². The molecule has 1 aromatic heterocycles. The van der Waals surface area contributed by atoms with Crippen LogP contribution in [0.3, 0.4) is 0 Å². The third-order valence-electron chi connectivity index (χ3n) is 2.37. The Morgan fingerprint density at radius 1 is 1.50 bits per heavy atom. The third kappa shape index (κ3) is 2.62. The Bertz CT molecular complexity index is 479. The highest BCUT2D eigenvalue weighted by Crippen LogP contribution is 2.14. The minimum atomic E-state index is -0.479. The molecule has 16 heavy (non-hydrogen) atoms. The van der Waals surface area contributed by atoms with Crippen LogP contribution >= 0.6 is 11.6 Å². The van der Waals surface area contributed by atoms with Gasteiger partial charge in [-0.3, -0.25) is 4.68 Å². The Hall–Kier alpha value is -1.32. The van der Waals surface area contributed by atoms with Crippen LogP contribution in [0.2, 0.25) is 5.02 Å². The molecule has 0 spiro atoms. The summed E-state index contributed by atoms with van der Waals surface area (Å²) in [6.07, 6.45) is 3.04. The maximum atomic E-state index is 9.37. The number of aromatic nitrogens is 2. The molecule has 3 nitrogen and oxygen atoms in total. The number of benzene rings is 1. The van der Waals surface area contributed by atoms with Crippen molar-refractivity contribution in [3.8, 4) is 0 Å². The summed E-state index contributed by atoms with van der Waals surface area (Å²) in [5, 5.41) is 14.3. The highest BCUT2D eigenvalue weighted by molar-refractivity contribution is 6.30. The Kier molecular flexibility index (Phi) is 3.27. The molecule has 0 bridgehead atoms. The van der Waals surface area contributed by atoms with Crippen LogP contribution in [0, 0.1) is 0 Å². The van der Waals surface area contributed by atoms with Gasteiger partial charge in [0.2, 0.25) is 0 Å². The number of halogens is 1. The zero-order valence-electron chi connectivity index (χ0n) is 8.97. The SMILES string of the molecule is CC(O)c1cnn(Cc2cccc(Cl)c2)c1. The van der Waals surface area contributed by atoms with E-state index in [0.29, 0.717) is 6.54 Å². The van der Waals surface area contributed by atoms with Crippen molar-refractivity contribution in [2.24, 2.45) is 0 Å². The van der Waals surface area contributed by atoms with Crippen molar-refractivity contribution in [1.29, 1.82) is 0 Å². The van der Waals surface area contributed by atoms with Gasteiger partial charge in [0.25, 0.3) is 0 Å². The van der Waals surface area contributed by atoms with Crippen molar-refractivity contribution >= 4 is 11.6 Å². The molecule has 2 aromatic rings. The normalized spacial score (nSPS) is 12.7. The molecular weight excluding hydrogens is 224 g/mol. The molecular formula is C12H13ClN2O. The minimum Gasteiger partial charge on any atom is -0.389 e. The zero-order chi connectivity index (χ0) is 11.5. The van der Waals surface area contributed by atoms with E-state index < -0.39 is 6.10 Å². The molecule has 0 aliphatic carbocycles. The molecule has 1 aromatic carbocycles. The number of aliphatic hydroxyl groups is 1. The fraction of sp³-hybridized carbons (Fsp3) is 0.250. The first-order valence-electron chi connectivity index (χ1n) is 5.10. The molecule has 0 fully saturated rings. The monoisotopic (exact) mass is 236 g/mol. The smallest absolute Gasteiger partial charge is 0.0792 e. The second kappa shape index (κ2) is 4.68. The van der Waals surface area contributed by atoms with E-state index in [1.165, 1.54) is 0 Å². The second-order valence-electron chi connectivity index (χ2n) is 3.78. The van der Waals surface area contributed by atoms with Crippen LogP contribution in [-0.4, -0.2) is 14.9 Å². The van der Waals surface area contributed by atoms with E-state index in [9.17, 15) is 5.11 Å². The van der Waals surface area contributed by atoms with E-state index >= 15 is 0 Å². The molecule has 0 saturated carbocycles. The summed E-state index contributed by atoms with van der Waals surface area (Å²) in [5.41, 5.74) is 1.91. The predicted octanol–water partition coefficient (Wildman–Crippen LogP) is 2.64. The van der Waals surface area contributed by atoms with Crippen molar-refractivity contribution in [2.75, 3.05) is 0 Å². The Balaban J connectivity index is 2.14. The number of aliphatic hydroxyl groups excluding tert-OH is 1. The molecule has 1 unspecified atom stereocenters. The van der Waals surface area contributed by atoms with Gasteiger partial charge in [-0.15, -0.1) is 0 Å². The lowest BCUT2D eigenvalue weighted by Gasteiger charge is -2.02. The maximum absolute atomic E-state index is 9.37.